The molecule has 2 aromatic carbocycles. The van der Waals surface area contributed by atoms with Gasteiger partial charge in [0.25, 0.3) is 0 Å². The highest BCUT2D eigenvalue weighted by molar-refractivity contribution is 5.99. The van der Waals surface area contributed by atoms with Crippen molar-refractivity contribution in [2.24, 2.45) is 7.05 Å². The Hall–Kier alpha value is -3.47. The molecule has 25 heavy (non-hydrogen) atoms. The van der Waals surface area contributed by atoms with Crippen LogP contribution in [0.2, 0.25) is 0 Å². The van der Waals surface area contributed by atoms with Gasteiger partial charge < -0.3 is 5.11 Å². The SMILES string of the molecule is C[n+]1cc2cc(-c3c(O)ccc4ccccc34)nn2c2ncccc21. The Morgan fingerprint density at radius 2 is 1.92 bits per heavy atom. The smallest absolute Gasteiger partial charge is 0.250 e. The van der Waals surface area contributed by atoms with Crippen LogP contribution in [-0.2, 0) is 7.05 Å². The fraction of sp³-hybridized carbons (Fsp3) is 0.0500. The Morgan fingerprint density at radius 3 is 2.84 bits per heavy atom. The fourth-order valence-corrected chi connectivity index (χ4v) is 3.40. The van der Waals surface area contributed by atoms with E-state index < -0.39 is 0 Å². The van der Waals surface area contributed by atoms with Gasteiger partial charge in [-0.2, -0.15) is 9.67 Å². The lowest BCUT2D eigenvalue weighted by Crippen LogP contribution is -2.29. The van der Waals surface area contributed by atoms with Gasteiger partial charge in [-0.05, 0) is 29.0 Å². The molecule has 5 nitrogen and oxygen atoms in total. The van der Waals surface area contributed by atoms with Gasteiger partial charge in [-0.1, -0.05) is 30.3 Å². The summed E-state index contributed by atoms with van der Waals surface area (Å²) in [6.07, 6.45) is 3.78. The van der Waals surface area contributed by atoms with E-state index >= 15 is 0 Å². The molecule has 1 N–H and O–H groups in total. The monoisotopic (exact) mass is 327 g/mol. The molecule has 0 fully saturated rings. The Labute approximate surface area is 143 Å². The number of aromatic nitrogens is 4. The number of nitrogens with zero attached hydrogens (tertiary/aromatic N) is 4. The molecular weight excluding hydrogens is 312 g/mol. The molecule has 5 rings (SSSR count). The molecule has 5 aromatic rings. The Morgan fingerprint density at radius 1 is 1.04 bits per heavy atom. The molecule has 0 radical (unpaired) electrons. The quantitative estimate of drug-likeness (QED) is 0.481. The van der Waals surface area contributed by atoms with E-state index in [2.05, 4.69) is 4.98 Å². The topological polar surface area (TPSA) is 54.3 Å². The number of pyridine rings is 1. The van der Waals surface area contributed by atoms with Gasteiger partial charge in [0, 0.05) is 12.3 Å². The third-order valence-corrected chi connectivity index (χ3v) is 4.57. The van der Waals surface area contributed by atoms with Crippen molar-refractivity contribution in [3.8, 4) is 17.0 Å². The van der Waals surface area contributed by atoms with Crippen molar-refractivity contribution in [3.63, 3.8) is 0 Å². The second kappa shape index (κ2) is 5.01. The zero-order valence-corrected chi connectivity index (χ0v) is 13.6. The van der Waals surface area contributed by atoms with Gasteiger partial charge in [-0.25, -0.2) is 9.50 Å². The second-order valence-electron chi connectivity index (χ2n) is 6.13. The molecule has 5 heteroatoms. The van der Waals surface area contributed by atoms with E-state index in [1.165, 1.54) is 0 Å². The number of phenols is 1. The number of benzene rings is 2. The normalized spacial score (nSPS) is 11.6. The van der Waals surface area contributed by atoms with Crippen LogP contribution in [0.1, 0.15) is 0 Å². The van der Waals surface area contributed by atoms with Crippen molar-refractivity contribution in [2.75, 3.05) is 0 Å². The highest BCUT2D eigenvalue weighted by Gasteiger charge is 2.17. The van der Waals surface area contributed by atoms with E-state index in [1.807, 2.05) is 70.9 Å². The van der Waals surface area contributed by atoms with Crippen LogP contribution in [0.25, 0.3) is 38.7 Å². The summed E-state index contributed by atoms with van der Waals surface area (Å²) in [6, 6.07) is 17.5. The van der Waals surface area contributed by atoms with Crippen molar-refractivity contribution < 1.29 is 9.67 Å². The Balaban J connectivity index is 1.89. The van der Waals surface area contributed by atoms with Gasteiger partial charge in [0.1, 0.15) is 18.3 Å². The molecule has 3 heterocycles. The minimum atomic E-state index is 0.226. The maximum atomic E-state index is 10.5. The predicted molar refractivity (Wildman–Crippen MR) is 96.3 cm³/mol. The summed E-state index contributed by atoms with van der Waals surface area (Å²) >= 11 is 0. The summed E-state index contributed by atoms with van der Waals surface area (Å²) in [4.78, 5) is 4.48. The predicted octanol–water partition coefficient (Wildman–Crippen LogP) is 3.23. The molecule has 0 saturated heterocycles. The van der Waals surface area contributed by atoms with Crippen molar-refractivity contribution in [2.45, 2.75) is 0 Å². The van der Waals surface area contributed by atoms with Gasteiger partial charge in [0.2, 0.25) is 11.2 Å². The highest BCUT2D eigenvalue weighted by Crippen LogP contribution is 2.36. The third kappa shape index (κ3) is 1.99. The highest BCUT2D eigenvalue weighted by atomic mass is 16.3. The van der Waals surface area contributed by atoms with E-state index in [-0.39, 0.29) is 5.75 Å². The zero-order chi connectivity index (χ0) is 17.0. The summed E-state index contributed by atoms with van der Waals surface area (Å²) in [5.74, 6) is 0.226. The molecule has 0 atom stereocenters. The minimum Gasteiger partial charge on any atom is -0.507 e. The summed E-state index contributed by atoms with van der Waals surface area (Å²) in [5, 5.41) is 17.3. The van der Waals surface area contributed by atoms with E-state index in [0.29, 0.717) is 0 Å². The molecule has 0 aliphatic rings. The molecule has 0 saturated carbocycles. The third-order valence-electron chi connectivity index (χ3n) is 4.57. The van der Waals surface area contributed by atoms with Gasteiger partial charge >= 0.3 is 0 Å². The molecule has 120 valence electrons. The second-order valence-corrected chi connectivity index (χ2v) is 6.13. The molecular formula is C20H15N4O+. The van der Waals surface area contributed by atoms with Gasteiger partial charge in [-0.3, -0.25) is 0 Å². The first-order valence-corrected chi connectivity index (χ1v) is 8.06. The van der Waals surface area contributed by atoms with Crippen molar-refractivity contribution in [1.29, 1.82) is 0 Å². The number of rotatable bonds is 1. The molecule has 0 spiro atoms. The maximum absolute atomic E-state index is 10.5. The molecule has 3 aromatic heterocycles. The standard InChI is InChI=1S/C20H14N4O/c1-23-12-14-11-16(22-24(14)20-17(23)7-4-10-21-20)19-15-6-3-2-5-13(15)8-9-18(19)25/h2-12H,1H3/p+1. The van der Waals surface area contributed by atoms with Crippen LogP contribution in [0.4, 0.5) is 0 Å². The number of fused-ring (bicyclic) bond motifs is 4. The van der Waals surface area contributed by atoms with Crippen LogP contribution < -0.4 is 4.57 Å². The number of aryl methyl sites for hydroxylation is 1. The van der Waals surface area contributed by atoms with E-state index in [4.69, 9.17) is 5.10 Å². The average Bonchev–Trinajstić information content (AvgIpc) is 3.05. The molecule has 0 unspecified atom stereocenters. The van der Waals surface area contributed by atoms with E-state index in [1.54, 1.807) is 12.3 Å². The lowest BCUT2D eigenvalue weighted by atomic mass is 10.0. The van der Waals surface area contributed by atoms with Gasteiger partial charge in [0.15, 0.2) is 6.20 Å². The van der Waals surface area contributed by atoms with E-state index in [0.717, 1.165) is 38.7 Å². The molecule has 0 aliphatic heterocycles. The number of aromatic hydroxyl groups is 1. The summed E-state index contributed by atoms with van der Waals surface area (Å²) in [5.41, 5.74) is 4.18. The van der Waals surface area contributed by atoms with Crippen LogP contribution in [0.5, 0.6) is 5.75 Å². The Bertz CT molecular complexity index is 1270. The lowest BCUT2D eigenvalue weighted by molar-refractivity contribution is -0.644. The lowest BCUT2D eigenvalue weighted by Gasteiger charge is -2.06. The van der Waals surface area contributed by atoms with Crippen molar-refractivity contribution >= 4 is 27.5 Å². The average molecular weight is 327 g/mol. The fourth-order valence-electron chi connectivity index (χ4n) is 3.40. The van der Waals surface area contributed by atoms with E-state index in [9.17, 15) is 5.11 Å². The summed E-state index contributed by atoms with van der Waals surface area (Å²) < 4.78 is 3.86. The van der Waals surface area contributed by atoms with Crippen LogP contribution in [0.15, 0.2) is 67.0 Å². The van der Waals surface area contributed by atoms with Crippen LogP contribution in [0.3, 0.4) is 0 Å². The molecule has 0 aliphatic carbocycles. The molecule has 0 bridgehead atoms. The van der Waals surface area contributed by atoms with Crippen molar-refractivity contribution in [3.05, 3.63) is 67.0 Å². The van der Waals surface area contributed by atoms with Crippen LogP contribution >= 0.6 is 0 Å². The van der Waals surface area contributed by atoms with Crippen LogP contribution in [-0.4, -0.2) is 19.7 Å². The zero-order valence-electron chi connectivity index (χ0n) is 13.6. The first kappa shape index (κ1) is 13.9. The van der Waals surface area contributed by atoms with Crippen LogP contribution in [0, 0.1) is 0 Å². The Kier molecular flexibility index (Phi) is 2.79. The van der Waals surface area contributed by atoms with Gasteiger partial charge in [-0.15, -0.1) is 0 Å². The minimum absolute atomic E-state index is 0.226. The summed E-state index contributed by atoms with van der Waals surface area (Å²) in [7, 11) is 1.99. The molecule has 0 amide bonds. The first-order chi connectivity index (χ1) is 12.2. The maximum Gasteiger partial charge on any atom is 0.250 e. The first-order valence-electron chi connectivity index (χ1n) is 8.06. The number of hydrogen-bond acceptors (Lipinski definition) is 3. The largest absolute Gasteiger partial charge is 0.507 e. The summed E-state index contributed by atoms with van der Waals surface area (Å²) in [6.45, 7) is 0. The van der Waals surface area contributed by atoms with Gasteiger partial charge in [0.05, 0.1) is 11.3 Å². The number of hydrogen-bond donors (Lipinski definition) is 1. The number of phenolic OH excluding ortho intramolecular Hbond substituents is 1. The van der Waals surface area contributed by atoms with Crippen molar-refractivity contribution in [1.82, 2.24) is 14.6 Å².